The minimum absolute atomic E-state index is 0.592. The summed E-state index contributed by atoms with van der Waals surface area (Å²) in [5.74, 6) is 0. The van der Waals surface area contributed by atoms with Crippen molar-refractivity contribution < 1.29 is 0 Å². The van der Waals surface area contributed by atoms with Crippen molar-refractivity contribution in [2.24, 2.45) is 0 Å². The molecule has 72 heavy (non-hydrogen) atoms. The molecule has 13 aromatic rings. The smallest absolute Gasteiger partial charge is 0.0727 e. The Hall–Kier alpha value is -9.44. The molecule has 1 spiro atoms. The minimum atomic E-state index is -0.592. The van der Waals surface area contributed by atoms with E-state index in [4.69, 9.17) is 0 Å². The van der Waals surface area contributed by atoms with Gasteiger partial charge < -0.3 is 14.4 Å². The van der Waals surface area contributed by atoms with Gasteiger partial charge in [-0.05, 0) is 157 Å². The molecular formula is C69H43N3. The van der Waals surface area contributed by atoms with Crippen LogP contribution in [0.5, 0.6) is 0 Å². The van der Waals surface area contributed by atoms with E-state index in [9.17, 15) is 0 Å². The first-order valence-electron chi connectivity index (χ1n) is 25.0. The van der Waals surface area contributed by atoms with Crippen molar-refractivity contribution >= 4 is 77.5 Å². The third-order valence-electron chi connectivity index (χ3n) is 16.0. The Morgan fingerprint density at radius 1 is 0.292 bits per heavy atom. The van der Waals surface area contributed by atoms with Crippen LogP contribution in [0.15, 0.2) is 261 Å². The van der Waals surface area contributed by atoms with E-state index >= 15 is 0 Å². The van der Waals surface area contributed by atoms with Crippen LogP contribution < -0.4 is 9.80 Å². The summed E-state index contributed by atoms with van der Waals surface area (Å²) in [6.07, 6.45) is 0. The second kappa shape index (κ2) is 14.8. The van der Waals surface area contributed by atoms with Crippen LogP contribution in [-0.4, -0.2) is 4.57 Å². The fourth-order valence-electron chi connectivity index (χ4n) is 13.1. The Morgan fingerprint density at radius 2 is 0.861 bits per heavy atom. The van der Waals surface area contributed by atoms with E-state index in [2.05, 4.69) is 275 Å². The zero-order valence-corrected chi connectivity index (χ0v) is 39.2. The molecular weight excluding hydrogens is 871 g/mol. The molecule has 16 rings (SSSR count). The Kier molecular flexibility index (Phi) is 8.09. The Labute approximate surface area is 417 Å². The molecule has 0 saturated carbocycles. The first-order valence-corrected chi connectivity index (χ1v) is 25.0. The summed E-state index contributed by atoms with van der Waals surface area (Å²) in [6.45, 7) is 0. The lowest BCUT2D eigenvalue weighted by Gasteiger charge is -2.35. The lowest BCUT2D eigenvalue weighted by Crippen LogP contribution is -2.26. The van der Waals surface area contributed by atoms with Crippen molar-refractivity contribution in [3.05, 3.63) is 283 Å². The van der Waals surface area contributed by atoms with Crippen LogP contribution in [0.1, 0.15) is 22.3 Å². The van der Waals surface area contributed by atoms with E-state index in [1.807, 2.05) is 0 Å². The maximum Gasteiger partial charge on any atom is 0.0727 e. The summed E-state index contributed by atoms with van der Waals surface area (Å²) in [4.78, 5) is 4.99. The summed E-state index contributed by atoms with van der Waals surface area (Å²) in [5, 5.41) is 7.45. The average molecular weight is 914 g/mol. The molecule has 3 aliphatic rings. The van der Waals surface area contributed by atoms with Gasteiger partial charge in [0.25, 0.3) is 0 Å². The zero-order valence-electron chi connectivity index (χ0n) is 39.2. The van der Waals surface area contributed by atoms with Crippen molar-refractivity contribution in [3.8, 4) is 39.1 Å². The van der Waals surface area contributed by atoms with Gasteiger partial charge in [-0.15, -0.1) is 0 Å². The molecule has 0 atom stereocenters. The first-order chi connectivity index (χ1) is 35.7. The van der Waals surface area contributed by atoms with Crippen molar-refractivity contribution in [2.75, 3.05) is 9.80 Å². The summed E-state index contributed by atoms with van der Waals surface area (Å²) in [7, 11) is 0. The molecule has 0 N–H and O–H groups in total. The normalized spacial score (nSPS) is 13.4. The van der Waals surface area contributed by atoms with Crippen LogP contribution in [0.25, 0.3) is 82.4 Å². The van der Waals surface area contributed by atoms with Gasteiger partial charge in [0, 0.05) is 50.2 Å². The third-order valence-corrected chi connectivity index (χ3v) is 16.0. The van der Waals surface area contributed by atoms with Gasteiger partial charge in [-0.25, -0.2) is 0 Å². The fraction of sp³-hybridized carbons (Fsp3) is 0.0145. The summed E-state index contributed by atoms with van der Waals surface area (Å²) in [5.41, 5.74) is 22.7. The SMILES string of the molecule is c1ccc(N(c2ccc3c(c2)C2(c4ccccc4-c4ccccc42)c2cc(N4c5cc6ccccc6cc5-c5cccc6cccc4c56)ccc2-3)c2ccc3c(c2)c2ccccc2n3-c2ccccc2)cc1. The molecule has 2 heterocycles. The number of para-hydroxylation sites is 3. The third kappa shape index (κ3) is 5.29. The fourth-order valence-corrected chi connectivity index (χ4v) is 13.1. The van der Waals surface area contributed by atoms with Crippen LogP contribution >= 0.6 is 0 Å². The van der Waals surface area contributed by atoms with Gasteiger partial charge >= 0.3 is 0 Å². The van der Waals surface area contributed by atoms with E-state index in [-0.39, 0.29) is 0 Å². The molecule has 334 valence electrons. The number of rotatable bonds is 5. The maximum atomic E-state index is 2.54. The average Bonchev–Trinajstić information content (AvgIpc) is 4.05. The lowest BCUT2D eigenvalue weighted by atomic mass is 9.70. The molecule has 0 fully saturated rings. The number of hydrogen-bond donors (Lipinski definition) is 0. The van der Waals surface area contributed by atoms with E-state index in [0.717, 1.165) is 28.4 Å². The predicted octanol–water partition coefficient (Wildman–Crippen LogP) is 18.4. The maximum absolute atomic E-state index is 2.54. The van der Waals surface area contributed by atoms with Gasteiger partial charge in [-0.2, -0.15) is 0 Å². The Morgan fingerprint density at radius 3 is 1.65 bits per heavy atom. The van der Waals surface area contributed by atoms with E-state index in [1.54, 1.807) is 0 Å². The van der Waals surface area contributed by atoms with Gasteiger partial charge in [0.2, 0.25) is 0 Å². The molecule has 3 heteroatoms. The summed E-state index contributed by atoms with van der Waals surface area (Å²) < 4.78 is 2.39. The van der Waals surface area contributed by atoms with Crippen molar-refractivity contribution in [1.29, 1.82) is 0 Å². The monoisotopic (exact) mass is 913 g/mol. The topological polar surface area (TPSA) is 11.4 Å². The molecule has 12 aromatic carbocycles. The number of fused-ring (bicyclic) bond motifs is 16. The second-order valence-electron chi connectivity index (χ2n) is 19.6. The van der Waals surface area contributed by atoms with Crippen molar-refractivity contribution in [2.45, 2.75) is 5.41 Å². The molecule has 0 unspecified atom stereocenters. The number of aromatic nitrogens is 1. The number of benzene rings is 12. The molecule has 1 aliphatic heterocycles. The van der Waals surface area contributed by atoms with E-state index in [1.165, 1.54) is 110 Å². The highest BCUT2D eigenvalue weighted by atomic mass is 15.2. The molecule has 0 saturated heterocycles. The largest absolute Gasteiger partial charge is 0.310 e. The zero-order chi connectivity index (χ0) is 47.1. The quantitative estimate of drug-likeness (QED) is 0.170. The molecule has 1 aromatic heterocycles. The highest BCUT2D eigenvalue weighted by molar-refractivity contribution is 6.16. The van der Waals surface area contributed by atoms with Crippen molar-refractivity contribution in [1.82, 2.24) is 4.57 Å². The standard InChI is InChI=1S/C69H43N3/c1-3-21-47(22-4-1)70(49-35-38-65-59(41-49)56-27-11-14-31-64(56)71(65)48-23-5-2-6-24-48)50-33-36-54-55-37-34-51(43-63(55)69(62(54)42-50)60-29-12-9-25-52(60)53-26-10-13-30-61(53)69)72-66-32-16-20-44-19-15-28-57(68(44)66)58-39-45-17-7-8-18-46(45)40-67(58)72/h1-43H. The minimum Gasteiger partial charge on any atom is -0.310 e. The highest BCUT2D eigenvalue weighted by Crippen LogP contribution is 2.64. The van der Waals surface area contributed by atoms with E-state index in [0.29, 0.717) is 0 Å². The van der Waals surface area contributed by atoms with Crippen LogP contribution in [0.4, 0.5) is 34.1 Å². The molecule has 2 aliphatic carbocycles. The summed E-state index contributed by atoms with van der Waals surface area (Å²) in [6, 6.07) is 97.4. The lowest BCUT2D eigenvalue weighted by molar-refractivity contribution is 0.793. The Bertz CT molecular complexity index is 4360. The predicted molar refractivity (Wildman–Crippen MR) is 300 cm³/mol. The van der Waals surface area contributed by atoms with Crippen LogP contribution in [0, 0.1) is 0 Å². The summed E-state index contributed by atoms with van der Waals surface area (Å²) >= 11 is 0. The van der Waals surface area contributed by atoms with Gasteiger partial charge in [0.05, 0.1) is 27.8 Å². The molecule has 0 radical (unpaired) electrons. The van der Waals surface area contributed by atoms with Crippen molar-refractivity contribution in [3.63, 3.8) is 0 Å². The van der Waals surface area contributed by atoms with E-state index < -0.39 is 5.41 Å². The van der Waals surface area contributed by atoms with Crippen LogP contribution in [0.3, 0.4) is 0 Å². The highest BCUT2D eigenvalue weighted by Gasteiger charge is 2.52. The Balaban J connectivity index is 0.941. The number of hydrogen-bond acceptors (Lipinski definition) is 2. The number of anilines is 6. The van der Waals surface area contributed by atoms with Gasteiger partial charge in [0.1, 0.15) is 0 Å². The van der Waals surface area contributed by atoms with Crippen LogP contribution in [-0.2, 0) is 5.41 Å². The number of nitrogens with zero attached hydrogens (tertiary/aromatic N) is 3. The second-order valence-corrected chi connectivity index (χ2v) is 19.6. The first kappa shape index (κ1) is 39.4. The van der Waals surface area contributed by atoms with Crippen LogP contribution in [0.2, 0.25) is 0 Å². The molecule has 0 amide bonds. The van der Waals surface area contributed by atoms with Gasteiger partial charge in [-0.1, -0.05) is 170 Å². The van der Waals surface area contributed by atoms with Gasteiger partial charge in [0.15, 0.2) is 0 Å². The molecule has 0 bridgehead atoms. The van der Waals surface area contributed by atoms with Gasteiger partial charge in [-0.3, -0.25) is 0 Å². The molecule has 3 nitrogen and oxygen atoms in total.